The summed E-state index contributed by atoms with van der Waals surface area (Å²) in [5.74, 6) is -2.06. The van der Waals surface area contributed by atoms with Gasteiger partial charge in [-0.05, 0) is 37.5 Å². The van der Waals surface area contributed by atoms with Crippen molar-refractivity contribution in [3.63, 3.8) is 0 Å². The molecule has 2 atom stereocenters. The van der Waals surface area contributed by atoms with Crippen molar-refractivity contribution >= 4 is 29.4 Å². The molecule has 0 spiro atoms. The summed E-state index contributed by atoms with van der Waals surface area (Å²) in [6.07, 6.45) is 0.688. The molecule has 2 amide bonds. The first-order chi connectivity index (χ1) is 10.9. The third-order valence-corrected chi connectivity index (χ3v) is 4.65. The minimum absolute atomic E-state index is 0.0847. The number of halogens is 1. The van der Waals surface area contributed by atoms with E-state index < -0.39 is 23.8 Å². The molecule has 1 saturated heterocycles. The lowest BCUT2D eigenvalue weighted by molar-refractivity contribution is -0.145. The zero-order valence-electron chi connectivity index (χ0n) is 13.0. The summed E-state index contributed by atoms with van der Waals surface area (Å²) in [5, 5.41) is 12.4. The van der Waals surface area contributed by atoms with Crippen LogP contribution >= 0.6 is 11.6 Å². The number of piperidine rings is 1. The van der Waals surface area contributed by atoms with Gasteiger partial charge >= 0.3 is 5.97 Å². The molecule has 0 unspecified atom stereocenters. The van der Waals surface area contributed by atoms with Crippen molar-refractivity contribution in [1.82, 2.24) is 10.2 Å². The number of nitrogens with zero attached hydrogens (tertiary/aromatic N) is 1. The summed E-state index contributed by atoms with van der Waals surface area (Å²) in [6, 6.07) is 4.01. The average Bonchev–Trinajstić information content (AvgIpc) is 2.55. The van der Waals surface area contributed by atoms with Crippen LogP contribution in [0.1, 0.15) is 28.8 Å². The first kappa shape index (κ1) is 17.3. The highest BCUT2D eigenvalue weighted by molar-refractivity contribution is 6.31. The molecule has 2 rings (SSSR count). The Morgan fingerprint density at radius 1 is 1.30 bits per heavy atom. The minimum atomic E-state index is -1.06. The Bertz CT molecular complexity index is 647. The highest BCUT2D eigenvalue weighted by atomic mass is 35.5. The van der Waals surface area contributed by atoms with Crippen LogP contribution in [-0.4, -0.2) is 47.4 Å². The Hall–Kier alpha value is -2.08. The van der Waals surface area contributed by atoms with E-state index in [1.54, 1.807) is 25.1 Å². The number of aliphatic carboxylic acids is 1. The molecule has 0 aliphatic carbocycles. The van der Waals surface area contributed by atoms with Gasteiger partial charge in [-0.25, -0.2) is 4.79 Å². The topological polar surface area (TPSA) is 86.7 Å². The second kappa shape index (κ2) is 7.00. The van der Waals surface area contributed by atoms with Gasteiger partial charge in [-0.15, -0.1) is 0 Å². The normalized spacial score (nSPS) is 20.9. The van der Waals surface area contributed by atoms with Crippen molar-refractivity contribution in [3.05, 3.63) is 34.3 Å². The first-order valence-electron chi connectivity index (χ1n) is 7.37. The van der Waals surface area contributed by atoms with E-state index in [-0.39, 0.29) is 18.9 Å². The van der Waals surface area contributed by atoms with Gasteiger partial charge in [0.15, 0.2) is 0 Å². The van der Waals surface area contributed by atoms with Crippen molar-refractivity contribution in [2.24, 2.45) is 5.92 Å². The summed E-state index contributed by atoms with van der Waals surface area (Å²) in [6.45, 7) is 1.80. The zero-order chi connectivity index (χ0) is 17.1. The Kier molecular flexibility index (Phi) is 5.26. The van der Waals surface area contributed by atoms with Crippen molar-refractivity contribution in [2.75, 3.05) is 13.6 Å². The number of rotatable bonds is 3. The van der Waals surface area contributed by atoms with Crippen molar-refractivity contribution in [3.8, 4) is 0 Å². The molecule has 1 aliphatic rings. The molecule has 124 valence electrons. The third kappa shape index (κ3) is 3.47. The van der Waals surface area contributed by atoms with Gasteiger partial charge in [-0.1, -0.05) is 17.7 Å². The van der Waals surface area contributed by atoms with Crippen LogP contribution in [-0.2, 0) is 9.59 Å². The van der Waals surface area contributed by atoms with E-state index in [1.807, 2.05) is 0 Å². The predicted octanol–water partition coefficient (Wildman–Crippen LogP) is 1.70. The number of likely N-dealkylation sites (tertiary alicyclic amines) is 1. The fourth-order valence-electron chi connectivity index (χ4n) is 2.86. The van der Waals surface area contributed by atoms with E-state index in [0.717, 1.165) is 0 Å². The van der Waals surface area contributed by atoms with Crippen LogP contribution in [0.3, 0.4) is 0 Å². The van der Waals surface area contributed by atoms with Gasteiger partial charge in [0.1, 0.15) is 6.04 Å². The van der Waals surface area contributed by atoms with Gasteiger partial charge in [-0.3, -0.25) is 9.59 Å². The van der Waals surface area contributed by atoms with Gasteiger partial charge in [0.25, 0.3) is 5.91 Å². The molecule has 1 aromatic rings. The number of carboxylic acid groups (broad SMARTS) is 1. The van der Waals surface area contributed by atoms with E-state index in [1.165, 1.54) is 11.9 Å². The van der Waals surface area contributed by atoms with Gasteiger partial charge in [0.2, 0.25) is 5.91 Å². The molecule has 0 bridgehead atoms. The second-order valence-electron chi connectivity index (χ2n) is 5.61. The third-order valence-electron chi connectivity index (χ3n) is 4.24. The Balaban J connectivity index is 2.34. The van der Waals surface area contributed by atoms with Crippen LogP contribution in [0.4, 0.5) is 0 Å². The van der Waals surface area contributed by atoms with Gasteiger partial charge in [-0.2, -0.15) is 0 Å². The molecule has 0 radical (unpaired) electrons. The molecule has 2 N–H and O–H groups in total. The van der Waals surface area contributed by atoms with Crippen LogP contribution in [0.2, 0.25) is 5.02 Å². The van der Waals surface area contributed by atoms with Gasteiger partial charge in [0, 0.05) is 24.2 Å². The lowest BCUT2D eigenvalue weighted by Crippen LogP contribution is -2.53. The molecule has 1 aliphatic heterocycles. The molecule has 7 heteroatoms. The summed E-state index contributed by atoms with van der Waals surface area (Å²) >= 11 is 6.05. The number of hydrogen-bond donors (Lipinski definition) is 2. The zero-order valence-corrected chi connectivity index (χ0v) is 13.8. The lowest BCUT2D eigenvalue weighted by Gasteiger charge is -2.37. The average molecular weight is 339 g/mol. The lowest BCUT2D eigenvalue weighted by atomic mass is 9.91. The van der Waals surface area contributed by atoms with E-state index in [9.17, 15) is 19.5 Å². The molecular formula is C16H19ClN2O4. The summed E-state index contributed by atoms with van der Waals surface area (Å²) in [4.78, 5) is 37.4. The van der Waals surface area contributed by atoms with E-state index >= 15 is 0 Å². The summed E-state index contributed by atoms with van der Waals surface area (Å²) in [5.41, 5.74) is 0.965. The Labute approximate surface area is 139 Å². The molecule has 1 heterocycles. The van der Waals surface area contributed by atoms with E-state index in [0.29, 0.717) is 22.6 Å². The molecular weight excluding hydrogens is 320 g/mol. The first-order valence-corrected chi connectivity index (χ1v) is 7.75. The number of amides is 2. The number of benzene rings is 1. The molecule has 1 fully saturated rings. The number of hydrogen-bond acceptors (Lipinski definition) is 3. The quantitative estimate of drug-likeness (QED) is 0.878. The number of carboxylic acids is 1. The van der Waals surface area contributed by atoms with Gasteiger partial charge in [0.05, 0.1) is 5.92 Å². The van der Waals surface area contributed by atoms with Crippen LogP contribution in [0.5, 0.6) is 0 Å². The molecule has 0 aromatic heterocycles. The fourth-order valence-corrected chi connectivity index (χ4v) is 3.04. The Morgan fingerprint density at radius 2 is 2.00 bits per heavy atom. The summed E-state index contributed by atoms with van der Waals surface area (Å²) < 4.78 is 0. The largest absolute Gasteiger partial charge is 0.480 e. The molecule has 23 heavy (non-hydrogen) atoms. The molecule has 1 aromatic carbocycles. The second-order valence-corrected chi connectivity index (χ2v) is 6.02. The standard InChI is InChI=1S/C16H19ClN2O4/c1-9-11(4-3-5-12(9)17)15(21)19-8-10(14(20)18-2)6-7-13(19)16(22)23/h3-5,10,13H,6-8H2,1-2H3,(H,18,20)(H,22,23)/t10-,13-/m0/s1. The van der Waals surface area contributed by atoms with Crippen molar-refractivity contribution in [2.45, 2.75) is 25.8 Å². The maximum absolute atomic E-state index is 12.8. The SMILES string of the molecule is CNC(=O)[C@H]1CC[C@@H](C(=O)O)N(C(=O)c2cccc(Cl)c2C)C1. The predicted molar refractivity (Wildman–Crippen MR) is 85.4 cm³/mol. The van der Waals surface area contributed by atoms with Crippen molar-refractivity contribution < 1.29 is 19.5 Å². The van der Waals surface area contributed by atoms with E-state index in [4.69, 9.17) is 11.6 Å². The minimum Gasteiger partial charge on any atom is -0.480 e. The number of nitrogens with one attached hydrogen (secondary N) is 1. The highest BCUT2D eigenvalue weighted by Gasteiger charge is 2.38. The number of carbonyl (C=O) groups excluding carboxylic acids is 2. The summed E-state index contributed by atoms with van der Waals surface area (Å²) in [7, 11) is 1.53. The maximum Gasteiger partial charge on any atom is 0.326 e. The van der Waals surface area contributed by atoms with Crippen LogP contribution in [0.15, 0.2) is 18.2 Å². The van der Waals surface area contributed by atoms with Gasteiger partial charge < -0.3 is 15.3 Å². The number of carbonyl (C=O) groups is 3. The fraction of sp³-hybridized carbons (Fsp3) is 0.438. The van der Waals surface area contributed by atoms with Crippen LogP contribution in [0.25, 0.3) is 0 Å². The van der Waals surface area contributed by atoms with Crippen LogP contribution < -0.4 is 5.32 Å². The maximum atomic E-state index is 12.8. The Morgan fingerprint density at radius 3 is 2.61 bits per heavy atom. The smallest absolute Gasteiger partial charge is 0.326 e. The van der Waals surface area contributed by atoms with Crippen LogP contribution in [0, 0.1) is 12.8 Å². The molecule has 0 saturated carbocycles. The highest BCUT2D eigenvalue weighted by Crippen LogP contribution is 2.27. The van der Waals surface area contributed by atoms with Crippen molar-refractivity contribution in [1.29, 1.82) is 0 Å². The van der Waals surface area contributed by atoms with E-state index in [2.05, 4.69) is 5.32 Å². The monoisotopic (exact) mass is 338 g/mol. The molecule has 6 nitrogen and oxygen atoms in total.